The molecule has 0 saturated heterocycles. The summed E-state index contributed by atoms with van der Waals surface area (Å²) in [5.74, 6) is 0.111. The summed E-state index contributed by atoms with van der Waals surface area (Å²) >= 11 is 0. The average Bonchev–Trinajstić information content (AvgIpc) is 2.43. The van der Waals surface area contributed by atoms with Crippen LogP contribution in [0.25, 0.3) is 0 Å². The molecule has 0 fully saturated rings. The fourth-order valence-corrected chi connectivity index (χ4v) is 1.44. The van der Waals surface area contributed by atoms with Gasteiger partial charge in [0.05, 0.1) is 19.4 Å². The van der Waals surface area contributed by atoms with Crippen LogP contribution in [0.5, 0.6) is 5.75 Å². The molecule has 106 valence electrons. The Balaban J connectivity index is 2.64. The van der Waals surface area contributed by atoms with Gasteiger partial charge in [0.25, 0.3) is 0 Å². The molecule has 0 amide bonds. The zero-order valence-electron chi connectivity index (χ0n) is 11.0. The Morgan fingerprint density at radius 3 is 2.68 bits per heavy atom. The SMILES string of the molecule is COc1ccccc1NCC(O)(CO)COC(C)=O. The molecule has 6 nitrogen and oxygen atoms in total. The van der Waals surface area contributed by atoms with Crippen molar-refractivity contribution in [3.8, 4) is 5.75 Å². The molecule has 0 radical (unpaired) electrons. The fourth-order valence-electron chi connectivity index (χ4n) is 1.44. The minimum Gasteiger partial charge on any atom is -0.495 e. The van der Waals surface area contributed by atoms with Crippen LogP contribution in [0.3, 0.4) is 0 Å². The summed E-state index contributed by atoms with van der Waals surface area (Å²) in [5, 5.41) is 22.2. The van der Waals surface area contributed by atoms with Gasteiger partial charge in [0, 0.05) is 13.5 Å². The van der Waals surface area contributed by atoms with Gasteiger partial charge in [-0.2, -0.15) is 0 Å². The summed E-state index contributed by atoms with van der Waals surface area (Å²) in [6.07, 6.45) is 0. The van der Waals surface area contributed by atoms with Crippen molar-refractivity contribution < 1.29 is 24.5 Å². The predicted molar refractivity (Wildman–Crippen MR) is 70.2 cm³/mol. The molecule has 0 aliphatic rings. The second-order valence-electron chi connectivity index (χ2n) is 4.22. The van der Waals surface area contributed by atoms with Crippen molar-refractivity contribution in [1.82, 2.24) is 0 Å². The quantitative estimate of drug-likeness (QED) is 0.621. The lowest BCUT2D eigenvalue weighted by atomic mass is 10.1. The van der Waals surface area contributed by atoms with Crippen LogP contribution in [-0.4, -0.2) is 48.7 Å². The third kappa shape index (κ3) is 4.76. The van der Waals surface area contributed by atoms with Crippen molar-refractivity contribution >= 4 is 11.7 Å². The first-order valence-corrected chi connectivity index (χ1v) is 5.84. The van der Waals surface area contributed by atoms with Crippen LogP contribution in [0, 0.1) is 0 Å². The van der Waals surface area contributed by atoms with Gasteiger partial charge in [0.1, 0.15) is 18.0 Å². The standard InChI is InChI=1S/C13H19NO5/c1-10(16)19-9-13(17,8-15)7-14-11-5-3-4-6-12(11)18-2/h3-6,14-15,17H,7-9H2,1-2H3. The Hall–Kier alpha value is -1.79. The number of anilines is 1. The monoisotopic (exact) mass is 269 g/mol. The number of nitrogens with one attached hydrogen (secondary N) is 1. The highest BCUT2D eigenvalue weighted by atomic mass is 16.5. The van der Waals surface area contributed by atoms with E-state index >= 15 is 0 Å². The molecule has 1 rings (SSSR count). The van der Waals surface area contributed by atoms with Crippen LogP contribution >= 0.6 is 0 Å². The molecule has 19 heavy (non-hydrogen) atoms. The van der Waals surface area contributed by atoms with E-state index in [0.29, 0.717) is 11.4 Å². The molecule has 0 aliphatic carbocycles. The number of rotatable bonds is 7. The molecule has 0 aliphatic heterocycles. The van der Waals surface area contributed by atoms with Crippen LogP contribution in [0.1, 0.15) is 6.92 Å². The molecule has 3 N–H and O–H groups in total. The van der Waals surface area contributed by atoms with E-state index in [4.69, 9.17) is 9.47 Å². The van der Waals surface area contributed by atoms with Crippen molar-refractivity contribution in [3.05, 3.63) is 24.3 Å². The van der Waals surface area contributed by atoms with E-state index in [1.165, 1.54) is 14.0 Å². The predicted octanol–water partition coefficient (Wildman–Crippen LogP) is 0.394. The molecule has 0 heterocycles. The Morgan fingerprint density at radius 1 is 1.42 bits per heavy atom. The summed E-state index contributed by atoms with van der Waals surface area (Å²) in [7, 11) is 1.54. The minimum absolute atomic E-state index is 0.0250. The Bertz CT molecular complexity index is 423. The summed E-state index contributed by atoms with van der Waals surface area (Å²) in [5.41, 5.74) is -0.855. The lowest BCUT2D eigenvalue weighted by Crippen LogP contribution is -2.45. The van der Waals surface area contributed by atoms with Crippen molar-refractivity contribution in [2.24, 2.45) is 0 Å². The molecule has 0 aromatic heterocycles. The maximum absolute atomic E-state index is 10.7. The summed E-state index contributed by atoms with van der Waals surface area (Å²) < 4.78 is 9.87. The third-order valence-corrected chi connectivity index (χ3v) is 2.55. The molecule has 0 spiro atoms. The van der Waals surface area contributed by atoms with Crippen molar-refractivity contribution in [2.45, 2.75) is 12.5 Å². The van der Waals surface area contributed by atoms with Crippen LogP contribution in [0.4, 0.5) is 5.69 Å². The normalized spacial score (nSPS) is 13.5. The number of para-hydroxylation sites is 2. The van der Waals surface area contributed by atoms with E-state index in [2.05, 4.69) is 5.32 Å². The highest BCUT2D eigenvalue weighted by Crippen LogP contribution is 2.23. The van der Waals surface area contributed by atoms with Gasteiger partial charge in [0.2, 0.25) is 0 Å². The molecule has 1 unspecified atom stereocenters. The first kappa shape index (κ1) is 15.3. The molecule has 0 saturated carbocycles. The number of aliphatic hydroxyl groups is 2. The summed E-state index contributed by atoms with van der Waals surface area (Å²) in [6.45, 7) is 0.464. The van der Waals surface area contributed by atoms with Crippen molar-refractivity contribution in [2.75, 3.05) is 32.2 Å². The summed E-state index contributed by atoms with van der Waals surface area (Å²) in [6, 6.07) is 7.19. The van der Waals surface area contributed by atoms with E-state index in [1.54, 1.807) is 12.1 Å². The van der Waals surface area contributed by atoms with Gasteiger partial charge < -0.3 is 25.0 Å². The van der Waals surface area contributed by atoms with E-state index in [-0.39, 0.29) is 13.2 Å². The van der Waals surface area contributed by atoms with Crippen LogP contribution in [0.15, 0.2) is 24.3 Å². The highest BCUT2D eigenvalue weighted by Gasteiger charge is 2.28. The smallest absolute Gasteiger partial charge is 0.302 e. The molecule has 1 aromatic carbocycles. The zero-order valence-corrected chi connectivity index (χ0v) is 11.0. The Kier molecular flexibility index (Phi) is 5.59. The third-order valence-electron chi connectivity index (χ3n) is 2.55. The first-order valence-electron chi connectivity index (χ1n) is 5.84. The number of hydrogen-bond donors (Lipinski definition) is 3. The Labute approximate surface area is 112 Å². The average molecular weight is 269 g/mol. The Morgan fingerprint density at radius 2 is 2.11 bits per heavy atom. The number of carbonyl (C=O) groups excluding carboxylic acids is 1. The van der Waals surface area contributed by atoms with Crippen LogP contribution in [-0.2, 0) is 9.53 Å². The second kappa shape index (κ2) is 6.96. The molecular formula is C13H19NO5. The van der Waals surface area contributed by atoms with Gasteiger partial charge >= 0.3 is 5.97 Å². The van der Waals surface area contributed by atoms with E-state index in [0.717, 1.165) is 0 Å². The highest BCUT2D eigenvalue weighted by molar-refractivity contribution is 5.66. The summed E-state index contributed by atoms with van der Waals surface area (Å²) in [4.78, 5) is 10.7. The van der Waals surface area contributed by atoms with Gasteiger partial charge in [-0.1, -0.05) is 12.1 Å². The fraction of sp³-hybridized carbons (Fsp3) is 0.462. The van der Waals surface area contributed by atoms with Gasteiger partial charge in [-0.3, -0.25) is 4.79 Å². The van der Waals surface area contributed by atoms with E-state index in [1.807, 2.05) is 12.1 Å². The van der Waals surface area contributed by atoms with Gasteiger partial charge in [-0.25, -0.2) is 0 Å². The lowest BCUT2D eigenvalue weighted by Gasteiger charge is -2.26. The topological polar surface area (TPSA) is 88.0 Å². The van der Waals surface area contributed by atoms with Gasteiger partial charge in [-0.05, 0) is 12.1 Å². The maximum Gasteiger partial charge on any atom is 0.302 e. The number of methoxy groups -OCH3 is 1. The van der Waals surface area contributed by atoms with Crippen LogP contribution < -0.4 is 10.1 Å². The molecule has 1 atom stereocenters. The van der Waals surface area contributed by atoms with Gasteiger partial charge in [0.15, 0.2) is 0 Å². The minimum atomic E-state index is -1.54. The number of esters is 1. The van der Waals surface area contributed by atoms with Crippen LogP contribution in [0.2, 0.25) is 0 Å². The van der Waals surface area contributed by atoms with E-state index in [9.17, 15) is 15.0 Å². The molecular weight excluding hydrogens is 250 g/mol. The number of ether oxygens (including phenoxy) is 2. The van der Waals surface area contributed by atoms with Gasteiger partial charge in [-0.15, -0.1) is 0 Å². The number of aliphatic hydroxyl groups excluding tert-OH is 1. The molecule has 6 heteroatoms. The first-order chi connectivity index (χ1) is 9.00. The van der Waals surface area contributed by atoms with E-state index < -0.39 is 18.2 Å². The molecule has 1 aromatic rings. The van der Waals surface area contributed by atoms with Crippen molar-refractivity contribution in [1.29, 1.82) is 0 Å². The number of carbonyl (C=O) groups is 1. The number of hydrogen-bond acceptors (Lipinski definition) is 6. The maximum atomic E-state index is 10.7. The van der Waals surface area contributed by atoms with Crippen molar-refractivity contribution in [3.63, 3.8) is 0 Å². The number of benzene rings is 1. The largest absolute Gasteiger partial charge is 0.495 e. The zero-order chi connectivity index (χ0) is 14.3. The second-order valence-corrected chi connectivity index (χ2v) is 4.22. The molecule has 0 bridgehead atoms. The lowest BCUT2D eigenvalue weighted by molar-refractivity contribution is -0.150.